The third-order valence-electron chi connectivity index (χ3n) is 5.36. The molecule has 0 spiro atoms. The summed E-state index contributed by atoms with van der Waals surface area (Å²) in [6.07, 6.45) is 1.73. The van der Waals surface area contributed by atoms with E-state index in [2.05, 4.69) is 11.4 Å². The molecule has 1 amide bonds. The highest BCUT2D eigenvalue weighted by molar-refractivity contribution is 8.16. The van der Waals surface area contributed by atoms with E-state index in [9.17, 15) is 9.59 Å². The van der Waals surface area contributed by atoms with Gasteiger partial charge in [0.05, 0.1) is 36.5 Å². The molecule has 8 heteroatoms. The zero-order valence-corrected chi connectivity index (χ0v) is 20.9. The van der Waals surface area contributed by atoms with Crippen molar-refractivity contribution in [2.24, 2.45) is 4.99 Å². The van der Waals surface area contributed by atoms with Gasteiger partial charge in [-0.25, -0.2) is 9.79 Å². The van der Waals surface area contributed by atoms with Crippen LogP contribution in [0.2, 0.25) is 0 Å². The number of esters is 1. The molecule has 34 heavy (non-hydrogen) atoms. The summed E-state index contributed by atoms with van der Waals surface area (Å²) in [4.78, 5) is 32.8. The van der Waals surface area contributed by atoms with Crippen LogP contribution in [0.1, 0.15) is 57.0 Å². The zero-order valence-electron chi connectivity index (χ0n) is 20.0. The second-order valence-electron chi connectivity index (χ2n) is 9.34. The van der Waals surface area contributed by atoms with Crippen LogP contribution in [-0.4, -0.2) is 27.5 Å². The second kappa shape index (κ2) is 9.54. The van der Waals surface area contributed by atoms with Crippen molar-refractivity contribution in [2.75, 3.05) is 0 Å². The number of carbonyl (C=O) groups is 2. The molecule has 2 aromatic rings. The number of hydrogen-bond donors (Lipinski definition) is 1. The minimum Gasteiger partial charge on any atom is -0.467 e. The minimum absolute atomic E-state index is 0.141. The van der Waals surface area contributed by atoms with Crippen molar-refractivity contribution in [3.05, 3.63) is 81.9 Å². The number of nitrogens with one attached hydrogen (secondary N) is 1. The Morgan fingerprint density at radius 1 is 1.21 bits per heavy atom. The van der Waals surface area contributed by atoms with E-state index in [1.807, 2.05) is 69.2 Å². The van der Waals surface area contributed by atoms with Crippen LogP contribution in [0.5, 0.6) is 0 Å². The number of nitrogens with zero attached hydrogens (tertiary/aromatic N) is 2. The molecule has 1 unspecified atom stereocenters. The predicted octanol–water partition coefficient (Wildman–Crippen LogP) is 5.21. The average molecular weight is 480 g/mol. The first-order chi connectivity index (χ1) is 16.1. The molecule has 0 fully saturated rings. The minimum atomic E-state index is -0.643. The number of aliphatic imine (C=N–C) groups is 1. The Balaban J connectivity index is 1.65. The maximum absolute atomic E-state index is 13.4. The van der Waals surface area contributed by atoms with E-state index in [0.717, 1.165) is 22.0 Å². The summed E-state index contributed by atoms with van der Waals surface area (Å²) in [5, 5.41) is 5.56. The Hall–Kier alpha value is -3.26. The molecule has 0 saturated heterocycles. The lowest BCUT2D eigenvalue weighted by molar-refractivity contribution is -0.150. The molecule has 4 rings (SSSR count). The summed E-state index contributed by atoms with van der Waals surface area (Å²) in [5.41, 5.74) is 3.26. The van der Waals surface area contributed by atoms with E-state index in [1.54, 1.807) is 12.3 Å². The number of thioether (sulfide) groups is 1. The summed E-state index contributed by atoms with van der Waals surface area (Å²) < 4.78 is 11.1. The number of aryl methyl sites for hydroxylation is 1. The first-order valence-corrected chi connectivity index (χ1v) is 12.0. The van der Waals surface area contributed by atoms with Crippen molar-refractivity contribution in [3.63, 3.8) is 0 Å². The number of amidine groups is 1. The van der Waals surface area contributed by atoms with Crippen molar-refractivity contribution in [2.45, 2.75) is 59.2 Å². The number of allylic oxidation sites excluding steroid dienone is 1. The van der Waals surface area contributed by atoms with E-state index in [4.69, 9.17) is 14.1 Å². The average Bonchev–Trinajstić information content (AvgIpc) is 3.40. The molecule has 1 aromatic heterocycles. The topological polar surface area (TPSA) is 84.1 Å². The van der Waals surface area contributed by atoms with Crippen LogP contribution in [-0.2, 0) is 20.9 Å². The van der Waals surface area contributed by atoms with Gasteiger partial charge < -0.3 is 19.4 Å². The highest BCUT2D eigenvalue weighted by Crippen LogP contribution is 2.45. The van der Waals surface area contributed by atoms with E-state index >= 15 is 0 Å². The Bertz CT molecular complexity index is 1190. The number of rotatable bonds is 6. The number of furan rings is 1. The standard InChI is InChI=1S/C26H29N3O4S/c1-16-8-6-9-18(12-16)23-22(24(31)33-26(3,4)5)17(2)28-25-29(23)19(15-34-25)13-21(30)27-14-20-10-7-11-32-20/h6-12,15,23H,13-14H2,1-5H3,(H,27,30). The van der Waals surface area contributed by atoms with Gasteiger partial charge in [-0.05, 0) is 57.7 Å². The maximum Gasteiger partial charge on any atom is 0.338 e. The third-order valence-corrected chi connectivity index (χ3v) is 6.25. The lowest BCUT2D eigenvalue weighted by atomic mass is 9.92. The first kappa shape index (κ1) is 23.9. The largest absolute Gasteiger partial charge is 0.467 e. The molecule has 0 aliphatic carbocycles. The normalized spacial score (nSPS) is 17.8. The molecular weight excluding hydrogens is 450 g/mol. The molecule has 3 heterocycles. The van der Waals surface area contributed by atoms with Gasteiger partial charge in [0.25, 0.3) is 0 Å². The maximum atomic E-state index is 13.4. The number of carbonyl (C=O) groups excluding carboxylic acids is 2. The quantitative estimate of drug-likeness (QED) is 0.573. The molecular formula is C26H29N3O4S. The highest BCUT2D eigenvalue weighted by atomic mass is 32.2. The summed E-state index contributed by atoms with van der Waals surface area (Å²) in [6.45, 7) is 9.71. The number of fused-ring (bicyclic) bond motifs is 1. The van der Waals surface area contributed by atoms with Crippen LogP contribution >= 0.6 is 11.8 Å². The number of amides is 1. The zero-order chi connectivity index (χ0) is 24.5. The van der Waals surface area contributed by atoms with Crippen molar-refractivity contribution in [1.82, 2.24) is 10.2 Å². The van der Waals surface area contributed by atoms with Gasteiger partial charge in [0.2, 0.25) is 5.91 Å². The van der Waals surface area contributed by atoms with Gasteiger partial charge in [-0.2, -0.15) is 0 Å². The van der Waals surface area contributed by atoms with E-state index < -0.39 is 17.6 Å². The van der Waals surface area contributed by atoms with E-state index in [0.29, 0.717) is 23.6 Å². The second-order valence-corrected chi connectivity index (χ2v) is 10.2. The molecule has 2 aliphatic rings. The molecule has 0 bridgehead atoms. The van der Waals surface area contributed by atoms with E-state index in [1.165, 1.54) is 11.8 Å². The van der Waals surface area contributed by atoms with Gasteiger partial charge in [0.15, 0.2) is 5.17 Å². The fraction of sp³-hybridized carbons (Fsp3) is 0.346. The summed E-state index contributed by atoms with van der Waals surface area (Å²) >= 11 is 1.45. The molecule has 0 radical (unpaired) electrons. The number of ether oxygens (including phenoxy) is 1. The summed E-state index contributed by atoms with van der Waals surface area (Å²) in [7, 11) is 0. The van der Waals surface area contributed by atoms with Crippen molar-refractivity contribution in [1.29, 1.82) is 0 Å². The van der Waals surface area contributed by atoms with Gasteiger partial charge >= 0.3 is 5.97 Å². The van der Waals surface area contributed by atoms with Crippen LogP contribution in [0.4, 0.5) is 0 Å². The van der Waals surface area contributed by atoms with Crippen LogP contribution in [0.25, 0.3) is 0 Å². The predicted molar refractivity (Wildman–Crippen MR) is 133 cm³/mol. The van der Waals surface area contributed by atoms with Crippen LogP contribution < -0.4 is 5.32 Å². The highest BCUT2D eigenvalue weighted by Gasteiger charge is 2.41. The molecule has 1 aromatic carbocycles. The van der Waals surface area contributed by atoms with Crippen LogP contribution in [0, 0.1) is 6.92 Å². The first-order valence-electron chi connectivity index (χ1n) is 11.2. The molecule has 2 aliphatic heterocycles. The molecule has 1 atom stereocenters. The fourth-order valence-electron chi connectivity index (χ4n) is 3.95. The van der Waals surface area contributed by atoms with Crippen molar-refractivity contribution < 1.29 is 18.7 Å². The van der Waals surface area contributed by atoms with Crippen LogP contribution in [0.15, 0.2) is 74.4 Å². The Morgan fingerprint density at radius 2 is 2.00 bits per heavy atom. The Labute approximate surface area is 203 Å². The van der Waals surface area contributed by atoms with Crippen molar-refractivity contribution >= 4 is 28.8 Å². The lowest BCUT2D eigenvalue weighted by Gasteiger charge is -2.37. The van der Waals surface area contributed by atoms with Gasteiger partial charge in [-0.15, -0.1) is 0 Å². The molecule has 1 N–H and O–H groups in total. The molecule has 0 saturated carbocycles. The Kier molecular flexibility index (Phi) is 6.70. The molecule has 178 valence electrons. The fourth-order valence-corrected chi connectivity index (χ4v) is 4.91. The van der Waals surface area contributed by atoms with Crippen LogP contribution in [0.3, 0.4) is 0 Å². The van der Waals surface area contributed by atoms with Gasteiger partial charge in [-0.1, -0.05) is 41.6 Å². The number of benzene rings is 1. The van der Waals surface area contributed by atoms with Gasteiger partial charge in [-0.3, -0.25) is 4.79 Å². The summed E-state index contributed by atoms with van der Waals surface area (Å²) in [5.74, 6) is 0.141. The molecule has 7 nitrogen and oxygen atoms in total. The van der Waals surface area contributed by atoms with E-state index in [-0.39, 0.29) is 12.3 Å². The lowest BCUT2D eigenvalue weighted by Crippen LogP contribution is -2.39. The monoisotopic (exact) mass is 479 g/mol. The SMILES string of the molecule is CC1=C(C(=O)OC(C)(C)C)C(c2cccc(C)c2)N2C(CC(=O)NCc3ccco3)=CSC2=N1. The van der Waals surface area contributed by atoms with Gasteiger partial charge in [0, 0.05) is 5.70 Å². The van der Waals surface area contributed by atoms with Crippen molar-refractivity contribution in [3.8, 4) is 0 Å². The number of hydrogen-bond acceptors (Lipinski definition) is 7. The Morgan fingerprint density at radius 3 is 2.68 bits per heavy atom. The summed E-state index contributed by atoms with van der Waals surface area (Å²) in [6, 6.07) is 11.2. The third kappa shape index (κ3) is 5.28. The smallest absolute Gasteiger partial charge is 0.338 e. The van der Waals surface area contributed by atoms with Gasteiger partial charge in [0.1, 0.15) is 11.4 Å².